The van der Waals surface area contributed by atoms with Crippen LogP contribution in [0.3, 0.4) is 0 Å². The van der Waals surface area contributed by atoms with E-state index in [2.05, 4.69) is 64.8 Å². The highest BCUT2D eigenvalue weighted by Gasteiger charge is 2.17. The predicted octanol–water partition coefficient (Wildman–Crippen LogP) is 5.23. The molecule has 0 saturated heterocycles. The third-order valence-electron chi connectivity index (χ3n) is 6.47. The van der Waals surface area contributed by atoms with Gasteiger partial charge in [-0.15, -0.1) is 5.10 Å². The Morgan fingerprint density at radius 2 is 1.61 bits per heavy atom. The van der Waals surface area contributed by atoms with Gasteiger partial charge in [0.2, 0.25) is 0 Å². The monoisotopic (exact) mass is 507 g/mol. The van der Waals surface area contributed by atoms with E-state index in [1.807, 2.05) is 47.1 Å². The SMILES string of the molecule is CC(C)Cc1nc(-c2ccc(C(C)C(=O)O)cc2)n(Cc2ccc(-c3ccccc3-c3nnn[nH]3)cc2)n1. The number of hydrogen-bond acceptors (Lipinski definition) is 6. The molecular formula is C29H29N7O2. The zero-order chi connectivity index (χ0) is 26.6. The van der Waals surface area contributed by atoms with Crippen LogP contribution < -0.4 is 0 Å². The van der Waals surface area contributed by atoms with Crippen LogP contribution in [0.15, 0.2) is 72.8 Å². The number of nitrogens with one attached hydrogen (secondary N) is 1. The lowest BCUT2D eigenvalue weighted by atomic mass is 9.98. The average molecular weight is 508 g/mol. The molecule has 38 heavy (non-hydrogen) atoms. The third-order valence-corrected chi connectivity index (χ3v) is 6.47. The molecule has 2 heterocycles. The minimum atomic E-state index is -0.844. The number of aliphatic carboxylic acids is 1. The number of carbonyl (C=O) groups is 1. The number of rotatable bonds is 9. The maximum atomic E-state index is 11.4. The Balaban J connectivity index is 1.43. The molecule has 0 spiro atoms. The average Bonchev–Trinajstić information content (AvgIpc) is 3.59. The van der Waals surface area contributed by atoms with Crippen molar-refractivity contribution in [3.8, 4) is 33.9 Å². The van der Waals surface area contributed by atoms with Gasteiger partial charge in [-0.25, -0.2) is 14.8 Å². The summed E-state index contributed by atoms with van der Waals surface area (Å²) in [6, 6.07) is 23.9. The predicted molar refractivity (Wildman–Crippen MR) is 144 cm³/mol. The fraction of sp³-hybridized carbons (Fsp3) is 0.241. The summed E-state index contributed by atoms with van der Waals surface area (Å²) < 4.78 is 1.93. The molecular weight excluding hydrogens is 478 g/mol. The van der Waals surface area contributed by atoms with Gasteiger partial charge in [0, 0.05) is 17.5 Å². The highest BCUT2D eigenvalue weighted by Crippen LogP contribution is 2.30. The van der Waals surface area contributed by atoms with Crippen LogP contribution in [0.1, 0.15) is 43.6 Å². The number of nitrogens with zero attached hydrogens (tertiary/aromatic N) is 6. The summed E-state index contributed by atoms with van der Waals surface area (Å²) in [6.45, 7) is 6.54. The van der Waals surface area contributed by atoms with Crippen molar-refractivity contribution in [1.82, 2.24) is 35.4 Å². The molecule has 9 nitrogen and oxygen atoms in total. The summed E-state index contributed by atoms with van der Waals surface area (Å²) >= 11 is 0. The van der Waals surface area contributed by atoms with Crippen molar-refractivity contribution in [2.45, 2.75) is 39.7 Å². The first-order chi connectivity index (χ1) is 18.4. The minimum Gasteiger partial charge on any atom is -0.481 e. The molecule has 0 fully saturated rings. The zero-order valence-electron chi connectivity index (χ0n) is 21.5. The standard InChI is InChI=1S/C29H29N7O2/c1-18(2)16-26-30-28(23-14-12-21(13-15-23)19(3)29(37)38)36(33-26)17-20-8-10-22(11-9-20)24-6-4-5-7-25(24)27-31-34-35-32-27/h4-15,18-19H,16-17H2,1-3H3,(H,37,38)(H,31,32,34,35). The van der Waals surface area contributed by atoms with E-state index in [9.17, 15) is 9.90 Å². The number of tetrazole rings is 1. The molecule has 9 heteroatoms. The molecule has 0 saturated carbocycles. The molecule has 0 amide bonds. The molecule has 5 aromatic rings. The van der Waals surface area contributed by atoms with E-state index < -0.39 is 11.9 Å². The van der Waals surface area contributed by atoms with Crippen LogP contribution >= 0.6 is 0 Å². The molecule has 1 atom stereocenters. The van der Waals surface area contributed by atoms with Gasteiger partial charge in [-0.3, -0.25) is 4.79 Å². The lowest BCUT2D eigenvalue weighted by Gasteiger charge is -2.10. The number of aromatic amines is 1. The van der Waals surface area contributed by atoms with E-state index in [-0.39, 0.29) is 0 Å². The van der Waals surface area contributed by atoms with Gasteiger partial charge in [-0.2, -0.15) is 5.10 Å². The maximum absolute atomic E-state index is 11.4. The van der Waals surface area contributed by atoms with E-state index in [1.165, 1.54) is 0 Å². The molecule has 1 unspecified atom stereocenters. The summed E-state index contributed by atoms with van der Waals surface area (Å²) in [6.07, 6.45) is 0.778. The second-order valence-electron chi connectivity index (χ2n) is 9.78. The quantitative estimate of drug-likeness (QED) is 0.280. The normalized spacial score (nSPS) is 12.1. The van der Waals surface area contributed by atoms with Crippen molar-refractivity contribution in [3.63, 3.8) is 0 Å². The first kappa shape index (κ1) is 25.0. The molecule has 0 bridgehead atoms. The second-order valence-corrected chi connectivity index (χ2v) is 9.78. The van der Waals surface area contributed by atoms with Gasteiger partial charge in [0.25, 0.3) is 0 Å². The van der Waals surface area contributed by atoms with Crippen LogP contribution in [-0.2, 0) is 17.8 Å². The summed E-state index contributed by atoms with van der Waals surface area (Å²) in [4.78, 5) is 16.2. The van der Waals surface area contributed by atoms with Gasteiger partial charge in [0.1, 0.15) is 0 Å². The second kappa shape index (κ2) is 10.8. The van der Waals surface area contributed by atoms with Gasteiger partial charge >= 0.3 is 5.97 Å². The van der Waals surface area contributed by atoms with Crippen molar-refractivity contribution in [2.75, 3.05) is 0 Å². The van der Waals surface area contributed by atoms with Crippen LogP contribution in [0.5, 0.6) is 0 Å². The summed E-state index contributed by atoms with van der Waals surface area (Å²) in [5, 5.41) is 28.5. The van der Waals surface area contributed by atoms with E-state index in [1.54, 1.807) is 6.92 Å². The first-order valence-electron chi connectivity index (χ1n) is 12.6. The molecule has 192 valence electrons. The van der Waals surface area contributed by atoms with Crippen LogP contribution in [0.4, 0.5) is 0 Å². The Bertz CT molecular complexity index is 1520. The van der Waals surface area contributed by atoms with Crippen molar-refractivity contribution >= 4 is 5.97 Å². The zero-order valence-corrected chi connectivity index (χ0v) is 21.5. The lowest BCUT2D eigenvalue weighted by molar-refractivity contribution is -0.138. The van der Waals surface area contributed by atoms with Gasteiger partial charge in [0.15, 0.2) is 17.5 Å². The van der Waals surface area contributed by atoms with Crippen molar-refractivity contribution < 1.29 is 9.90 Å². The molecule has 0 aliphatic carbocycles. The van der Waals surface area contributed by atoms with E-state index in [0.717, 1.165) is 51.5 Å². The number of benzene rings is 3. The number of aromatic nitrogens is 7. The highest BCUT2D eigenvalue weighted by atomic mass is 16.4. The molecule has 5 rings (SSSR count). The third kappa shape index (κ3) is 5.36. The smallest absolute Gasteiger partial charge is 0.310 e. The first-order valence-corrected chi connectivity index (χ1v) is 12.6. The van der Waals surface area contributed by atoms with E-state index in [4.69, 9.17) is 10.1 Å². The molecule has 2 N–H and O–H groups in total. The summed E-state index contributed by atoms with van der Waals surface area (Å²) in [5.41, 5.74) is 5.78. The highest BCUT2D eigenvalue weighted by molar-refractivity contribution is 5.80. The van der Waals surface area contributed by atoms with Crippen molar-refractivity contribution in [1.29, 1.82) is 0 Å². The Hall–Kier alpha value is -4.66. The van der Waals surface area contributed by atoms with Gasteiger partial charge < -0.3 is 5.11 Å². The molecule has 3 aromatic carbocycles. The Kier molecular flexibility index (Phi) is 7.08. The van der Waals surface area contributed by atoms with E-state index >= 15 is 0 Å². The topological polar surface area (TPSA) is 122 Å². The fourth-order valence-corrected chi connectivity index (χ4v) is 4.41. The number of hydrogen-bond donors (Lipinski definition) is 2. The number of H-pyrrole nitrogens is 1. The van der Waals surface area contributed by atoms with Gasteiger partial charge in [-0.05, 0) is 45.5 Å². The number of carboxylic acid groups (broad SMARTS) is 1. The van der Waals surface area contributed by atoms with Gasteiger partial charge in [0.05, 0.1) is 12.5 Å². The van der Waals surface area contributed by atoms with Crippen LogP contribution in [0.2, 0.25) is 0 Å². The van der Waals surface area contributed by atoms with Crippen LogP contribution in [0.25, 0.3) is 33.9 Å². The number of carboxylic acids is 1. The fourth-order valence-electron chi connectivity index (χ4n) is 4.41. The lowest BCUT2D eigenvalue weighted by Crippen LogP contribution is -2.07. The molecule has 2 aromatic heterocycles. The molecule has 0 aliphatic rings. The Morgan fingerprint density at radius 1 is 0.921 bits per heavy atom. The minimum absolute atomic E-state index is 0.427. The Morgan fingerprint density at radius 3 is 2.24 bits per heavy atom. The summed E-state index contributed by atoms with van der Waals surface area (Å²) in [7, 11) is 0. The van der Waals surface area contributed by atoms with E-state index in [0.29, 0.717) is 18.3 Å². The molecule has 0 radical (unpaired) electrons. The largest absolute Gasteiger partial charge is 0.481 e. The maximum Gasteiger partial charge on any atom is 0.310 e. The van der Waals surface area contributed by atoms with Gasteiger partial charge in [-0.1, -0.05) is 86.6 Å². The summed E-state index contributed by atoms with van der Waals surface area (Å²) in [5.74, 6) is 1.20. The Labute approximate surface area is 220 Å². The molecule has 0 aliphatic heterocycles. The van der Waals surface area contributed by atoms with Crippen LogP contribution in [-0.4, -0.2) is 46.5 Å². The van der Waals surface area contributed by atoms with Crippen LogP contribution in [0, 0.1) is 5.92 Å². The van der Waals surface area contributed by atoms with Crippen molar-refractivity contribution in [3.05, 3.63) is 89.7 Å². The van der Waals surface area contributed by atoms with Crippen molar-refractivity contribution in [2.24, 2.45) is 5.92 Å².